The van der Waals surface area contributed by atoms with Crippen molar-refractivity contribution >= 4 is 22.7 Å². The SMILES string of the molecule is CC(C)SCc1cc2cccc(F)c2[nH]1. The van der Waals surface area contributed by atoms with E-state index in [1.807, 2.05) is 23.9 Å². The first-order valence-electron chi connectivity index (χ1n) is 5.04. The first-order valence-corrected chi connectivity index (χ1v) is 6.09. The number of aromatic nitrogens is 1. The van der Waals surface area contributed by atoms with Gasteiger partial charge in [-0.15, -0.1) is 0 Å². The Morgan fingerprint density at radius 1 is 1.40 bits per heavy atom. The van der Waals surface area contributed by atoms with Crippen molar-refractivity contribution in [1.29, 1.82) is 0 Å². The maximum Gasteiger partial charge on any atom is 0.147 e. The second kappa shape index (κ2) is 4.27. The average molecular weight is 223 g/mol. The Labute approximate surface area is 93.1 Å². The third-order valence-corrected chi connectivity index (χ3v) is 3.38. The lowest BCUT2D eigenvalue weighted by molar-refractivity contribution is 0.637. The number of benzene rings is 1. The summed E-state index contributed by atoms with van der Waals surface area (Å²) in [6.07, 6.45) is 0. The van der Waals surface area contributed by atoms with Crippen LogP contribution in [-0.2, 0) is 5.75 Å². The molecule has 2 rings (SSSR count). The maximum absolute atomic E-state index is 13.4. The molecule has 0 fully saturated rings. The Hall–Kier alpha value is -0.960. The minimum Gasteiger partial charge on any atom is -0.355 e. The molecule has 0 spiro atoms. The molecule has 1 heterocycles. The second-order valence-corrected chi connectivity index (χ2v) is 5.42. The van der Waals surface area contributed by atoms with Crippen LogP contribution in [0.1, 0.15) is 19.5 Å². The molecule has 1 aromatic carbocycles. The third kappa shape index (κ3) is 2.34. The molecular formula is C12H14FNS. The van der Waals surface area contributed by atoms with Gasteiger partial charge in [0.25, 0.3) is 0 Å². The zero-order chi connectivity index (χ0) is 10.8. The van der Waals surface area contributed by atoms with E-state index in [0.29, 0.717) is 10.8 Å². The number of H-pyrrole nitrogens is 1. The number of thioether (sulfide) groups is 1. The van der Waals surface area contributed by atoms with Gasteiger partial charge in [-0.3, -0.25) is 0 Å². The van der Waals surface area contributed by atoms with Crippen LogP contribution in [0.25, 0.3) is 10.9 Å². The maximum atomic E-state index is 13.4. The van der Waals surface area contributed by atoms with Crippen molar-refractivity contribution in [2.45, 2.75) is 24.9 Å². The van der Waals surface area contributed by atoms with Gasteiger partial charge >= 0.3 is 0 Å². The first kappa shape index (κ1) is 10.6. The highest BCUT2D eigenvalue weighted by molar-refractivity contribution is 7.99. The van der Waals surface area contributed by atoms with E-state index >= 15 is 0 Å². The summed E-state index contributed by atoms with van der Waals surface area (Å²) in [4.78, 5) is 3.12. The molecule has 80 valence electrons. The van der Waals surface area contributed by atoms with Crippen LogP contribution in [0, 0.1) is 5.82 Å². The van der Waals surface area contributed by atoms with E-state index in [9.17, 15) is 4.39 Å². The molecule has 2 aromatic rings. The third-order valence-electron chi connectivity index (χ3n) is 2.23. The van der Waals surface area contributed by atoms with Crippen molar-refractivity contribution in [2.75, 3.05) is 0 Å². The Bertz CT molecular complexity index is 462. The van der Waals surface area contributed by atoms with Crippen LogP contribution in [-0.4, -0.2) is 10.2 Å². The molecule has 0 aliphatic heterocycles. The molecule has 0 saturated heterocycles. The van der Waals surface area contributed by atoms with Crippen LogP contribution >= 0.6 is 11.8 Å². The molecule has 0 amide bonds. The van der Waals surface area contributed by atoms with Gasteiger partial charge in [-0.1, -0.05) is 26.0 Å². The molecule has 0 unspecified atom stereocenters. The number of hydrogen-bond acceptors (Lipinski definition) is 1. The number of halogens is 1. The number of nitrogens with one attached hydrogen (secondary N) is 1. The van der Waals surface area contributed by atoms with Crippen LogP contribution in [0.5, 0.6) is 0 Å². The van der Waals surface area contributed by atoms with Crippen molar-refractivity contribution < 1.29 is 4.39 Å². The fourth-order valence-corrected chi connectivity index (χ4v) is 2.18. The summed E-state index contributed by atoms with van der Waals surface area (Å²) < 4.78 is 13.4. The molecule has 0 atom stereocenters. The quantitative estimate of drug-likeness (QED) is 0.833. The lowest BCUT2D eigenvalue weighted by atomic mass is 10.2. The van der Waals surface area contributed by atoms with Crippen molar-refractivity contribution in [3.63, 3.8) is 0 Å². The fraction of sp³-hybridized carbons (Fsp3) is 0.333. The zero-order valence-electron chi connectivity index (χ0n) is 8.88. The summed E-state index contributed by atoms with van der Waals surface area (Å²) in [6.45, 7) is 4.32. The van der Waals surface area contributed by atoms with E-state index in [2.05, 4.69) is 18.8 Å². The smallest absolute Gasteiger partial charge is 0.147 e. The van der Waals surface area contributed by atoms with Crippen molar-refractivity contribution in [3.05, 3.63) is 35.8 Å². The molecule has 15 heavy (non-hydrogen) atoms. The minimum atomic E-state index is -0.173. The predicted molar refractivity (Wildman–Crippen MR) is 64.7 cm³/mol. The van der Waals surface area contributed by atoms with E-state index in [1.165, 1.54) is 6.07 Å². The molecular weight excluding hydrogens is 209 g/mol. The normalized spacial score (nSPS) is 11.5. The highest BCUT2D eigenvalue weighted by atomic mass is 32.2. The zero-order valence-corrected chi connectivity index (χ0v) is 9.70. The molecule has 0 bridgehead atoms. The van der Waals surface area contributed by atoms with Crippen LogP contribution in [0.2, 0.25) is 0 Å². The van der Waals surface area contributed by atoms with Crippen molar-refractivity contribution in [3.8, 4) is 0 Å². The van der Waals surface area contributed by atoms with Gasteiger partial charge in [0.15, 0.2) is 0 Å². The summed E-state index contributed by atoms with van der Waals surface area (Å²) >= 11 is 1.85. The van der Waals surface area contributed by atoms with Crippen LogP contribution in [0.15, 0.2) is 24.3 Å². The van der Waals surface area contributed by atoms with Gasteiger partial charge < -0.3 is 4.98 Å². The number of hydrogen-bond donors (Lipinski definition) is 1. The van der Waals surface area contributed by atoms with Gasteiger partial charge in [-0.05, 0) is 17.4 Å². The highest BCUT2D eigenvalue weighted by Gasteiger charge is 2.05. The summed E-state index contributed by atoms with van der Waals surface area (Å²) in [5, 5.41) is 1.55. The molecule has 1 N–H and O–H groups in total. The van der Waals surface area contributed by atoms with Gasteiger partial charge in [0.2, 0.25) is 0 Å². The van der Waals surface area contributed by atoms with Crippen molar-refractivity contribution in [2.24, 2.45) is 0 Å². The number of para-hydroxylation sites is 1. The van der Waals surface area contributed by atoms with Crippen LogP contribution < -0.4 is 0 Å². The molecule has 0 saturated carbocycles. The van der Waals surface area contributed by atoms with E-state index in [-0.39, 0.29) is 5.82 Å². The fourth-order valence-electron chi connectivity index (χ4n) is 1.51. The predicted octanol–water partition coefficient (Wildman–Crippen LogP) is 3.95. The standard InChI is InChI=1S/C12H14FNS/c1-8(2)15-7-10-6-9-4-3-5-11(13)12(9)14-10/h3-6,8,14H,7H2,1-2H3. The minimum absolute atomic E-state index is 0.173. The van der Waals surface area contributed by atoms with Gasteiger partial charge in [0.1, 0.15) is 5.82 Å². The van der Waals surface area contributed by atoms with Gasteiger partial charge in [-0.2, -0.15) is 11.8 Å². The second-order valence-electron chi connectivity index (χ2n) is 3.86. The number of rotatable bonds is 3. The van der Waals surface area contributed by atoms with Gasteiger partial charge in [-0.25, -0.2) is 4.39 Å². The summed E-state index contributed by atoms with van der Waals surface area (Å²) in [5.41, 5.74) is 1.71. The molecule has 1 nitrogen and oxygen atoms in total. The summed E-state index contributed by atoms with van der Waals surface area (Å²) in [5.74, 6) is 0.736. The van der Waals surface area contributed by atoms with E-state index in [4.69, 9.17) is 0 Å². The molecule has 1 aromatic heterocycles. The molecule has 0 aliphatic rings. The van der Waals surface area contributed by atoms with Crippen LogP contribution in [0.4, 0.5) is 4.39 Å². The summed E-state index contributed by atoms with van der Waals surface area (Å²) in [7, 11) is 0. The Morgan fingerprint density at radius 3 is 2.87 bits per heavy atom. The van der Waals surface area contributed by atoms with E-state index < -0.39 is 0 Å². The number of aromatic amines is 1. The first-order chi connectivity index (χ1) is 7.16. The lowest BCUT2D eigenvalue weighted by Gasteiger charge is -2.01. The molecule has 0 radical (unpaired) electrons. The van der Waals surface area contributed by atoms with Gasteiger partial charge in [0.05, 0.1) is 5.52 Å². The largest absolute Gasteiger partial charge is 0.355 e. The Morgan fingerprint density at radius 2 is 2.20 bits per heavy atom. The monoisotopic (exact) mass is 223 g/mol. The number of fused-ring (bicyclic) bond motifs is 1. The molecule has 3 heteroatoms. The van der Waals surface area contributed by atoms with Crippen molar-refractivity contribution in [1.82, 2.24) is 4.98 Å². The van der Waals surface area contributed by atoms with E-state index in [1.54, 1.807) is 6.07 Å². The van der Waals surface area contributed by atoms with Gasteiger partial charge in [0, 0.05) is 16.8 Å². The average Bonchev–Trinajstić information content (AvgIpc) is 2.59. The highest BCUT2D eigenvalue weighted by Crippen LogP contribution is 2.22. The molecule has 0 aliphatic carbocycles. The topological polar surface area (TPSA) is 15.8 Å². The Balaban J connectivity index is 2.27. The summed E-state index contributed by atoms with van der Waals surface area (Å²) in [6, 6.07) is 7.18. The van der Waals surface area contributed by atoms with E-state index in [0.717, 1.165) is 16.8 Å². The van der Waals surface area contributed by atoms with Crippen LogP contribution in [0.3, 0.4) is 0 Å². The Kier molecular flexibility index (Phi) is 3.00. The lowest BCUT2D eigenvalue weighted by Crippen LogP contribution is -1.88.